The lowest BCUT2D eigenvalue weighted by molar-refractivity contribution is -0.143. The number of carboxylic acids is 1. The van der Waals surface area contributed by atoms with Crippen molar-refractivity contribution in [2.75, 3.05) is 0 Å². The summed E-state index contributed by atoms with van der Waals surface area (Å²) in [7, 11) is 0. The summed E-state index contributed by atoms with van der Waals surface area (Å²) in [4.78, 5) is 36.2. The van der Waals surface area contributed by atoms with Gasteiger partial charge in [-0.1, -0.05) is 13.0 Å². The van der Waals surface area contributed by atoms with Crippen molar-refractivity contribution in [3.63, 3.8) is 0 Å². The van der Waals surface area contributed by atoms with E-state index in [-0.39, 0.29) is 5.70 Å². The lowest BCUT2D eigenvalue weighted by Crippen LogP contribution is -2.34. The van der Waals surface area contributed by atoms with Crippen LogP contribution in [0, 0.1) is 0 Å². The third-order valence-electron chi connectivity index (χ3n) is 3.25. The molecule has 0 radical (unpaired) electrons. The van der Waals surface area contributed by atoms with Crippen LogP contribution in [0.3, 0.4) is 0 Å². The maximum atomic E-state index is 12.1. The van der Waals surface area contributed by atoms with Crippen LogP contribution in [0.25, 0.3) is 0 Å². The summed E-state index contributed by atoms with van der Waals surface area (Å²) in [6.07, 6.45) is 4.78. The van der Waals surface area contributed by atoms with E-state index in [0.29, 0.717) is 30.4 Å². The van der Waals surface area contributed by atoms with Crippen molar-refractivity contribution in [3.05, 3.63) is 22.9 Å². The molecule has 1 heterocycles. The minimum absolute atomic E-state index is 0.220. The second kappa shape index (κ2) is 4.76. The topological polar surface area (TPSA) is 74.7 Å². The molecule has 5 nitrogen and oxygen atoms in total. The Morgan fingerprint density at radius 1 is 1.22 bits per heavy atom. The highest BCUT2D eigenvalue weighted by Gasteiger charge is 2.42. The Kier molecular flexibility index (Phi) is 3.32. The molecule has 1 aliphatic heterocycles. The fourth-order valence-corrected chi connectivity index (χ4v) is 2.43. The molecular weight excluding hydrogens is 234 g/mol. The van der Waals surface area contributed by atoms with E-state index in [9.17, 15) is 14.4 Å². The molecule has 2 aliphatic rings. The maximum absolute atomic E-state index is 12.1. The summed E-state index contributed by atoms with van der Waals surface area (Å²) in [6, 6.07) is 0. The van der Waals surface area contributed by atoms with E-state index >= 15 is 0 Å². The maximum Gasteiger partial charge on any atom is 0.352 e. The van der Waals surface area contributed by atoms with Crippen molar-refractivity contribution in [1.29, 1.82) is 0 Å². The number of nitrogens with zero attached hydrogens (tertiary/aromatic N) is 1. The molecule has 96 valence electrons. The summed E-state index contributed by atoms with van der Waals surface area (Å²) in [6.45, 7) is 1.77. The van der Waals surface area contributed by atoms with Gasteiger partial charge >= 0.3 is 5.97 Å². The van der Waals surface area contributed by atoms with Crippen molar-refractivity contribution in [3.8, 4) is 0 Å². The quantitative estimate of drug-likeness (QED) is 0.609. The summed E-state index contributed by atoms with van der Waals surface area (Å²) in [5, 5.41) is 9.10. The zero-order chi connectivity index (χ0) is 13.3. The fraction of sp³-hybridized carbons (Fsp3) is 0.462. The van der Waals surface area contributed by atoms with Gasteiger partial charge in [0.1, 0.15) is 5.70 Å². The van der Waals surface area contributed by atoms with E-state index in [1.165, 1.54) is 6.08 Å². The van der Waals surface area contributed by atoms with Crippen molar-refractivity contribution in [1.82, 2.24) is 4.90 Å². The first-order chi connectivity index (χ1) is 8.57. The highest BCUT2D eigenvalue weighted by atomic mass is 16.4. The van der Waals surface area contributed by atoms with Gasteiger partial charge < -0.3 is 5.11 Å². The number of hydrogen-bond acceptors (Lipinski definition) is 3. The van der Waals surface area contributed by atoms with Crippen LogP contribution in [0.5, 0.6) is 0 Å². The van der Waals surface area contributed by atoms with Crippen LogP contribution < -0.4 is 0 Å². The normalized spacial score (nSPS) is 20.5. The number of carbonyl (C=O) groups excluding carboxylic acids is 2. The zero-order valence-electron chi connectivity index (χ0n) is 10.2. The van der Waals surface area contributed by atoms with Gasteiger partial charge in [-0.3, -0.25) is 9.59 Å². The third-order valence-corrected chi connectivity index (χ3v) is 3.25. The Morgan fingerprint density at radius 2 is 1.72 bits per heavy atom. The van der Waals surface area contributed by atoms with E-state index in [1.54, 1.807) is 6.92 Å². The van der Waals surface area contributed by atoms with Gasteiger partial charge in [-0.25, -0.2) is 9.69 Å². The number of hydrogen-bond donors (Lipinski definition) is 1. The number of amides is 2. The lowest BCUT2D eigenvalue weighted by atomic mass is 9.93. The van der Waals surface area contributed by atoms with Crippen molar-refractivity contribution < 1.29 is 19.5 Å². The first-order valence-corrected chi connectivity index (χ1v) is 6.12. The van der Waals surface area contributed by atoms with Gasteiger partial charge in [-0.15, -0.1) is 0 Å². The minimum atomic E-state index is -1.24. The Hall–Kier alpha value is -1.91. The van der Waals surface area contributed by atoms with Gasteiger partial charge in [-0.2, -0.15) is 0 Å². The number of aliphatic carboxylic acids is 1. The number of carbonyl (C=O) groups is 3. The molecule has 2 amide bonds. The highest BCUT2D eigenvalue weighted by Crippen LogP contribution is 2.34. The molecule has 1 aliphatic carbocycles. The van der Waals surface area contributed by atoms with Crippen molar-refractivity contribution in [2.24, 2.45) is 0 Å². The van der Waals surface area contributed by atoms with Crippen LogP contribution in [0.1, 0.15) is 39.0 Å². The van der Waals surface area contributed by atoms with E-state index in [4.69, 9.17) is 5.11 Å². The molecule has 0 aromatic carbocycles. The van der Waals surface area contributed by atoms with Crippen molar-refractivity contribution in [2.45, 2.75) is 39.0 Å². The standard InChI is InChI=1S/C13H15NO4/c1-2-5-10(13(17)18)14-11(15)8-6-3-4-7-9(8)12(14)16/h5H,2-4,6-7H2,1H3,(H,17,18)/b10-5+. The number of imide groups is 1. The Morgan fingerprint density at radius 3 is 2.11 bits per heavy atom. The second-order valence-corrected chi connectivity index (χ2v) is 4.41. The van der Waals surface area contributed by atoms with Gasteiger partial charge in [0.05, 0.1) is 0 Å². The predicted molar refractivity (Wildman–Crippen MR) is 63.4 cm³/mol. The lowest BCUT2D eigenvalue weighted by Gasteiger charge is -2.15. The average Bonchev–Trinajstić information content (AvgIpc) is 2.60. The van der Waals surface area contributed by atoms with Crippen LogP contribution in [-0.2, 0) is 14.4 Å². The summed E-state index contributed by atoms with van der Waals surface area (Å²) in [5.41, 5.74) is 0.797. The third kappa shape index (κ3) is 1.85. The van der Waals surface area contributed by atoms with Crippen LogP contribution in [0.15, 0.2) is 22.9 Å². The molecule has 2 rings (SSSR count). The predicted octanol–water partition coefficient (Wildman–Crippen LogP) is 1.60. The molecular formula is C13H15NO4. The highest BCUT2D eigenvalue weighted by molar-refractivity contribution is 6.22. The molecule has 0 spiro atoms. The monoisotopic (exact) mass is 249 g/mol. The van der Waals surface area contributed by atoms with Crippen LogP contribution in [-0.4, -0.2) is 27.8 Å². The molecule has 0 saturated heterocycles. The molecule has 0 atom stereocenters. The number of carboxylic acid groups (broad SMARTS) is 1. The van der Waals surface area contributed by atoms with Gasteiger partial charge in [0.15, 0.2) is 0 Å². The number of rotatable bonds is 3. The molecule has 0 aromatic rings. The van der Waals surface area contributed by atoms with E-state index < -0.39 is 17.8 Å². The van der Waals surface area contributed by atoms with Crippen LogP contribution in [0.2, 0.25) is 0 Å². The minimum Gasteiger partial charge on any atom is -0.477 e. The molecule has 0 fully saturated rings. The average molecular weight is 249 g/mol. The molecule has 0 aromatic heterocycles. The van der Waals surface area contributed by atoms with Gasteiger partial charge in [-0.05, 0) is 32.1 Å². The fourth-order valence-electron chi connectivity index (χ4n) is 2.43. The summed E-state index contributed by atoms with van der Waals surface area (Å²) in [5.74, 6) is -2.13. The summed E-state index contributed by atoms with van der Waals surface area (Å²) >= 11 is 0. The molecule has 18 heavy (non-hydrogen) atoms. The molecule has 5 heteroatoms. The smallest absolute Gasteiger partial charge is 0.352 e. The Labute approximate surface area is 105 Å². The first kappa shape index (κ1) is 12.5. The van der Waals surface area contributed by atoms with E-state index in [2.05, 4.69) is 0 Å². The SMILES string of the molecule is CC/C=C(\C(=O)O)N1C(=O)C2=C(CCCC2)C1=O. The molecule has 1 N–H and O–H groups in total. The van der Waals surface area contributed by atoms with Gasteiger partial charge in [0, 0.05) is 11.1 Å². The van der Waals surface area contributed by atoms with Crippen LogP contribution in [0.4, 0.5) is 0 Å². The largest absolute Gasteiger partial charge is 0.477 e. The zero-order valence-corrected chi connectivity index (χ0v) is 10.2. The Balaban J connectivity index is 2.38. The molecule has 0 saturated carbocycles. The molecule has 0 unspecified atom stereocenters. The van der Waals surface area contributed by atoms with Crippen molar-refractivity contribution >= 4 is 17.8 Å². The van der Waals surface area contributed by atoms with E-state index in [1.807, 2.05) is 0 Å². The van der Waals surface area contributed by atoms with E-state index in [0.717, 1.165) is 17.7 Å². The molecule has 0 bridgehead atoms. The number of allylic oxidation sites excluding steroid dienone is 1. The van der Waals surface area contributed by atoms with Crippen LogP contribution >= 0.6 is 0 Å². The first-order valence-electron chi connectivity index (χ1n) is 6.12. The van der Waals surface area contributed by atoms with Gasteiger partial charge in [0.2, 0.25) is 0 Å². The van der Waals surface area contributed by atoms with Gasteiger partial charge in [0.25, 0.3) is 11.8 Å². The summed E-state index contributed by atoms with van der Waals surface area (Å²) < 4.78 is 0. The Bertz CT molecular complexity index is 459. The second-order valence-electron chi connectivity index (χ2n) is 4.41.